The smallest absolute Gasteiger partial charge is 0.220 e. The molecule has 2 aromatic carbocycles. The zero-order chi connectivity index (χ0) is 23.3. The Morgan fingerprint density at radius 1 is 1.09 bits per heavy atom. The van der Waals surface area contributed by atoms with Crippen molar-refractivity contribution in [3.8, 4) is 0 Å². The molecule has 1 amide bonds. The first kappa shape index (κ1) is 22.7. The van der Waals surface area contributed by atoms with E-state index in [2.05, 4.69) is 32.7 Å². The van der Waals surface area contributed by atoms with Gasteiger partial charge in [0.1, 0.15) is 17.6 Å². The molecule has 0 spiro atoms. The quantitative estimate of drug-likeness (QED) is 0.582. The van der Waals surface area contributed by atoms with Crippen molar-refractivity contribution < 1.29 is 13.9 Å². The minimum atomic E-state index is -0.357. The number of hydrogen-bond donors (Lipinski definition) is 1. The Labute approximate surface area is 198 Å². The number of nitrogens with zero attached hydrogens (tertiary/aromatic N) is 4. The summed E-state index contributed by atoms with van der Waals surface area (Å²) < 4.78 is 21.9. The first-order valence-corrected chi connectivity index (χ1v) is 12.0. The summed E-state index contributed by atoms with van der Waals surface area (Å²) in [5.74, 6) is -0.137. The van der Waals surface area contributed by atoms with Crippen LogP contribution in [0.1, 0.15) is 47.9 Å². The van der Waals surface area contributed by atoms with Gasteiger partial charge in [-0.15, -0.1) is 5.10 Å². The van der Waals surface area contributed by atoms with Crippen molar-refractivity contribution in [1.29, 1.82) is 0 Å². The van der Waals surface area contributed by atoms with E-state index in [1.807, 2.05) is 28.9 Å². The lowest BCUT2D eigenvalue weighted by Crippen LogP contribution is -2.44. The van der Waals surface area contributed by atoms with Crippen LogP contribution in [0.5, 0.6) is 0 Å². The second kappa shape index (κ2) is 10.4. The Bertz CT molecular complexity index is 1110. The SMILES string of the molecule is O=C(CCc1ccccc1)NC1CCN(Cc2nnn3c2COC(c2ccccc2F)C3)CC1. The first-order chi connectivity index (χ1) is 16.7. The maximum atomic E-state index is 14.1. The Balaban J connectivity index is 1.09. The van der Waals surface area contributed by atoms with Crippen LogP contribution in [-0.4, -0.2) is 44.9 Å². The van der Waals surface area contributed by atoms with Crippen molar-refractivity contribution in [2.45, 2.75) is 57.5 Å². The molecule has 34 heavy (non-hydrogen) atoms. The number of aryl methyl sites for hydroxylation is 1. The highest BCUT2D eigenvalue weighted by atomic mass is 19.1. The Morgan fingerprint density at radius 2 is 1.85 bits per heavy atom. The minimum Gasteiger partial charge on any atom is -0.365 e. The monoisotopic (exact) mass is 463 g/mol. The topological polar surface area (TPSA) is 72.3 Å². The van der Waals surface area contributed by atoms with Crippen LogP contribution in [0.3, 0.4) is 0 Å². The third kappa shape index (κ3) is 5.34. The van der Waals surface area contributed by atoms with Gasteiger partial charge < -0.3 is 10.1 Å². The molecule has 7 nitrogen and oxygen atoms in total. The lowest BCUT2D eigenvalue weighted by molar-refractivity contribution is -0.122. The van der Waals surface area contributed by atoms with Gasteiger partial charge in [-0.1, -0.05) is 53.7 Å². The fourth-order valence-corrected chi connectivity index (χ4v) is 4.76. The third-order valence-electron chi connectivity index (χ3n) is 6.74. The fourth-order valence-electron chi connectivity index (χ4n) is 4.76. The number of carbonyl (C=O) groups is 1. The van der Waals surface area contributed by atoms with Gasteiger partial charge in [-0.2, -0.15) is 0 Å². The summed E-state index contributed by atoms with van der Waals surface area (Å²) in [7, 11) is 0. The van der Waals surface area contributed by atoms with Gasteiger partial charge in [0.25, 0.3) is 0 Å². The van der Waals surface area contributed by atoms with Crippen LogP contribution in [0.25, 0.3) is 0 Å². The van der Waals surface area contributed by atoms with Crippen molar-refractivity contribution in [1.82, 2.24) is 25.2 Å². The zero-order valence-electron chi connectivity index (χ0n) is 19.2. The molecule has 0 radical (unpaired) electrons. The number of aromatic nitrogens is 3. The van der Waals surface area contributed by atoms with Crippen LogP contribution >= 0.6 is 0 Å². The molecule has 1 fully saturated rings. The molecule has 0 aliphatic carbocycles. The van der Waals surface area contributed by atoms with E-state index >= 15 is 0 Å². The summed E-state index contributed by atoms with van der Waals surface area (Å²) in [6.45, 7) is 3.33. The van der Waals surface area contributed by atoms with Crippen LogP contribution in [0.4, 0.5) is 4.39 Å². The van der Waals surface area contributed by atoms with E-state index in [4.69, 9.17) is 4.74 Å². The molecule has 3 heterocycles. The fraction of sp³-hybridized carbons (Fsp3) is 0.423. The number of piperidine rings is 1. The van der Waals surface area contributed by atoms with Crippen LogP contribution in [0.2, 0.25) is 0 Å². The van der Waals surface area contributed by atoms with Gasteiger partial charge in [0, 0.05) is 37.7 Å². The summed E-state index contributed by atoms with van der Waals surface area (Å²) in [6.07, 6.45) is 2.78. The van der Waals surface area contributed by atoms with Gasteiger partial charge in [0.15, 0.2) is 0 Å². The highest BCUT2D eigenvalue weighted by Gasteiger charge is 2.28. The summed E-state index contributed by atoms with van der Waals surface area (Å²) in [4.78, 5) is 14.7. The lowest BCUT2D eigenvalue weighted by atomic mass is 10.0. The van der Waals surface area contributed by atoms with E-state index in [9.17, 15) is 9.18 Å². The number of benzene rings is 2. The minimum absolute atomic E-state index is 0.122. The number of hydrogen-bond acceptors (Lipinski definition) is 5. The van der Waals surface area contributed by atoms with E-state index < -0.39 is 0 Å². The van der Waals surface area contributed by atoms with Crippen molar-refractivity contribution in [3.63, 3.8) is 0 Å². The molecule has 1 atom stereocenters. The summed E-state index contributed by atoms with van der Waals surface area (Å²) in [5.41, 5.74) is 3.62. The third-order valence-corrected chi connectivity index (χ3v) is 6.74. The zero-order valence-corrected chi connectivity index (χ0v) is 19.2. The number of nitrogens with one attached hydrogen (secondary N) is 1. The van der Waals surface area contributed by atoms with Gasteiger partial charge in [0.2, 0.25) is 5.91 Å². The molecule has 1 N–H and O–H groups in total. The molecular weight excluding hydrogens is 433 g/mol. The highest BCUT2D eigenvalue weighted by Crippen LogP contribution is 2.29. The number of likely N-dealkylation sites (tertiary alicyclic amines) is 1. The average Bonchev–Trinajstić information content (AvgIpc) is 3.27. The van der Waals surface area contributed by atoms with Crippen LogP contribution < -0.4 is 5.32 Å². The molecule has 5 rings (SSSR count). The number of halogens is 1. The van der Waals surface area contributed by atoms with E-state index in [1.54, 1.807) is 12.1 Å². The van der Waals surface area contributed by atoms with Crippen LogP contribution in [0, 0.1) is 5.82 Å². The summed E-state index contributed by atoms with van der Waals surface area (Å²) in [6, 6.07) is 17.0. The van der Waals surface area contributed by atoms with Gasteiger partial charge >= 0.3 is 0 Å². The second-order valence-corrected chi connectivity index (χ2v) is 9.09. The predicted octanol–water partition coefficient (Wildman–Crippen LogP) is 3.40. The van der Waals surface area contributed by atoms with E-state index in [0.717, 1.165) is 43.7 Å². The number of fused-ring (bicyclic) bond motifs is 1. The standard InChI is InChI=1S/C26H30FN5O2/c27-22-9-5-4-8-21(22)25-17-32-24(18-34-25)23(29-30-32)16-31-14-12-20(13-15-31)28-26(33)11-10-19-6-2-1-3-7-19/h1-9,20,25H,10-18H2,(H,28,33). The van der Waals surface area contributed by atoms with Gasteiger partial charge in [-0.3, -0.25) is 9.69 Å². The first-order valence-electron chi connectivity index (χ1n) is 12.0. The van der Waals surface area contributed by atoms with E-state index in [1.165, 1.54) is 11.6 Å². The molecule has 178 valence electrons. The molecule has 2 aliphatic rings. The van der Waals surface area contributed by atoms with Crippen LogP contribution in [0.15, 0.2) is 54.6 Å². The molecule has 3 aromatic rings. The van der Waals surface area contributed by atoms with Crippen molar-refractivity contribution >= 4 is 5.91 Å². The van der Waals surface area contributed by atoms with Gasteiger partial charge in [0.05, 0.1) is 18.8 Å². The molecule has 1 saturated heterocycles. The van der Waals surface area contributed by atoms with Crippen molar-refractivity contribution in [2.24, 2.45) is 0 Å². The average molecular weight is 464 g/mol. The molecule has 0 saturated carbocycles. The van der Waals surface area contributed by atoms with Gasteiger partial charge in [-0.05, 0) is 30.9 Å². The van der Waals surface area contributed by atoms with E-state index in [-0.39, 0.29) is 23.9 Å². The molecule has 8 heteroatoms. The molecule has 0 bridgehead atoms. The predicted molar refractivity (Wildman–Crippen MR) is 125 cm³/mol. The second-order valence-electron chi connectivity index (χ2n) is 9.09. The molecule has 1 unspecified atom stereocenters. The maximum absolute atomic E-state index is 14.1. The highest BCUT2D eigenvalue weighted by molar-refractivity contribution is 5.76. The normalized spacial score (nSPS) is 19.0. The van der Waals surface area contributed by atoms with Crippen molar-refractivity contribution in [2.75, 3.05) is 13.1 Å². The Hall–Kier alpha value is -3.10. The molecule has 2 aliphatic heterocycles. The molecule has 1 aromatic heterocycles. The Morgan fingerprint density at radius 3 is 2.65 bits per heavy atom. The number of amides is 1. The van der Waals surface area contributed by atoms with Gasteiger partial charge in [-0.25, -0.2) is 9.07 Å². The number of carbonyl (C=O) groups excluding carboxylic acids is 1. The summed E-state index contributed by atoms with van der Waals surface area (Å²) in [5, 5.41) is 11.9. The Kier molecular flexibility index (Phi) is 6.97. The maximum Gasteiger partial charge on any atom is 0.220 e. The number of ether oxygens (including phenoxy) is 1. The summed E-state index contributed by atoms with van der Waals surface area (Å²) >= 11 is 0. The van der Waals surface area contributed by atoms with Crippen LogP contribution in [-0.2, 0) is 35.6 Å². The number of rotatable bonds is 7. The van der Waals surface area contributed by atoms with Crippen molar-refractivity contribution in [3.05, 3.63) is 82.9 Å². The molecular formula is C26H30FN5O2. The van der Waals surface area contributed by atoms with E-state index in [0.29, 0.717) is 31.7 Å². The largest absolute Gasteiger partial charge is 0.365 e. The lowest BCUT2D eigenvalue weighted by Gasteiger charge is -2.32.